The molecule has 144 valence electrons. The molecule has 0 N–H and O–H groups in total. The molecule has 0 aromatic heterocycles. The van der Waals surface area contributed by atoms with Gasteiger partial charge in [-0.1, -0.05) is 43.7 Å². The summed E-state index contributed by atoms with van der Waals surface area (Å²) in [4.78, 5) is 17.9. The van der Waals surface area contributed by atoms with E-state index in [2.05, 4.69) is 61.9 Å². The van der Waals surface area contributed by atoms with Gasteiger partial charge in [0.15, 0.2) is 0 Å². The fraction of sp³-hybridized carbons (Fsp3) is 0.696. The zero-order valence-electron chi connectivity index (χ0n) is 17.0. The van der Waals surface area contributed by atoms with Gasteiger partial charge in [-0.3, -0.25) is 4.79 Å². The van der Waals surface area contributed by atoms with Gasteiger partial charge in [0.2, 0.25) is 5.91 Å². The zero-order chi connectivity index (χ0) is 18.7. The van der Waals surface area contributed by atoms with Gasteiger partial charge >= 0.3 is 0 Å². The van der Waals surface area contributed by atoms with Gasteiger partial charge < -0.3 is 9.80 Å². The van der Waals surface area contributed by atoms with Crippen LogP contribution >= 0.6 is 0 Å². The third-order valence-electron chi connectivity index (χ3n) is 6.91. The molecule has 0 unspecified atom stereocenters. The van der Waals surface area contributed by atoms with E-state index in [1.165, 1.54) is 31.2 Å². The van der Waals surface area contributed by atoms with Gasteiger partial charge in [-0.15, -0.1) is 0 Å². The third kappa shape index (κ3) is 4.14. The van der Waals surface area contributed by atoms with Crippen LogP contribution in [0.2, 0.25) is 0 Å². The maximum atomic E-state index is 13.1. The van der Waals surface area contributed by atoms with Gasteiger partial charge in [0.1, 0.15) is 0 Å². The van der Waals surface area contributed by atoms with Crippen molar-refractivity contribution in [1.82, 2.24) is 9.80 Å². The van der Waals surface area contributed by atoms with Crippen molar-refractivity contribution in [2.45, 2.75) is 77.4 Å². The number of amides is 1. The summed E-state index contributed by atoms with van der Waals surface area (Å²) in [6.07, 6.45) is 6.74. The number of hydrogen-bond donors (Lipinski definition) is 0. The molecular formula is C23H36N2O. The Balaban J connectivity index is 1.63. The van der Waals surface area contributed by atoms with Crippen molar-refractivity contribution in [2.24, 2.45) is 11.8 Å². The Bertz CT molecular complexity index is 585. The summed E-state index contributed by atoms with van der Waals surface area (Å²) in [5.41, 5.74) is 1.29. The van der Waals surface area contributed by atoms with Crippen LogP contribution in [-0.4, -0.2) is 47.4 Å². The molecule has 3 nitrogen and oxygen atoms in total. The lowest BCUT2D eigenvalue weighted by molar-refractivity contribution is -0.135. The van der Waals surface area contributed by atoms with E-state index in [1.807, 2.05) is 6.07 Å². The van der Waals surface area contributed by atoms with Crippen molar-refractivity contribution >= 4 is 5.91 Å². The van der Waals surface area contributed by atoms with Crippen LogP contribution in [0, 0.1) is 11.8 Å². The van der Waals surface area contributed by atoms with Crippen LogP contribution in [0.3, 0.4) is 0 Å². The van der Waals surface area contributed by atoms with Gasteiger partial charge in [-0.2, -0.15) is 0 Å². The molecule has 1 aliphatic heterocycles. The average Bonchev–Trinajstić information content (AvgIpc) is 3.01. The van der Waals surface area contributed by atoms with Crippen molar-refractivity contribution in [1.29, 1.82) is 0 Å². The first-order valence-electron chi connectivity index (χ1n) is 10.6. The average molecular weight is 357 g/mol. The van der Waals surface area contributed by atoms with Gasteiger partial charge in [0, 0.05) is 30.6 Å². The summed E-state index contributed by atoms with van der Waals surface area (Å²) >= 11 is 0. The highest BCUT2D eigenvalue weighted by molar-refractivity contribution is 5.81. The Morgan fingerprint density at radius 3 is 2.54 bits per heavy atom. The second-order valence-corrected chi connectivity index (χ2v) is 8.67. The summed E-state index contributed by atoms with van der Waals surface area (Å²) in [5.74, 6) is 1.24. The van der Waals surface area contributed by atoms with Crippen LogP contribution in [0.15, 0.2) is 30.3 Å². The molecule has 3 rings (SSSR count). The van der Waals surface area contributed by atoms with Gasteiger partial charge in [0.25, 0.3) is 0 Å². The van der Waals surface area contributed by atoms with E-state index in [0.29, 0.717) is 30.0 Å². The number of carbonyl (C=O) groups excluding carboxylic acids is 1. The molecule has 1 aromatic carbocycles. The summed E-state index contributed by atoms with van der Waals surface area (Å²) < 4.78 is 0. The van der Waals surface area contributed by atoms with E-state index in [9.17, 15) is 4.79 Å². The highest BCUT2D eigenvalue weighted by Crippen LogP contribution is 2.37. The maximum absolute atomic E-state index is 13.1. The summed E-state index contributed by atoms with van der Waals surface area (Å²) in [5, 5.41) is 0. The lowest BCUT2D eigenvalue weighted by atomic mass is 9.78. The molecule has 1 aromatic rings. The van der Waals surface area contributed by atoms with Crippen LogP contribution in [-0.2, 0) is 11.2 Å². The predicted molar refractivity (Wildman–Crippen MR) is 108 cm³/mol. The number of rotatable bonds is 6. The minimum absolute atomic E-state index is 0.186. The molecule has 2 fully saturated rings. The summed E-state index contributed by atoms with van der Waals surface area (Å²) in [6, 6.07) is 12.2. The number of carbonyl (C=O) groups is 1. The largest absolute Gasteiger partial charge is 0.339 e. The Morgan fingerprint density at radius 1 is 1.15 bits per heavy atom. The molecule has 1 aliphatic carbocycles. The third-order valence-corrected chi connectivity index (χ3v) is 6.91. The van der Waals surface area contributed by atoms with E-state index >= 15 is 0 Å². The minimum atomic E-state index is 0.186. The van der Waals surface area contributed by atoms with Crippen molar-refractivity contribution in [2.75, 3.05) is 13.6 Å². The molecule has 26 heavy (non-hydrogen) atoms. The Labute approximate surface area is 159 Å². The van der Waals surface area contributed by atoms with Crippen molar-refractivity contribution in [3.63, 3.8) is 0 Å². The van der Waals surface area contributed by atoms with Crippen LogP contribution < -0.4 is 0 Å². The molecule has 1 heterocycles. The molecule has 2 aliphatic rings. The number of benzene rings is 1. The topological polar surface area (TPSA) is 23.6 Å². The standard InChI is InChI=1S/C23H36N2O/c1-5-19-16-21(24(4)17(2)3)11-12-22(19)25-14-13-20(23(25)26)15-18-9-7-6-8-10-18/h6-10,17,19-22H,5,11-16H2,1-4H3/t19-,20-,21-,22+/m1/s1. The summed E-state index contributed by atoms with van der Waals surface area (Å²) in [7, 11) is 2.26. The van der Waals surface area contributed by atoms with Crippen LogP contribution in [0.1, 0.15) is 58.4 Å². The van der Waals surface area contributed by atoms with E-state index in [1.54, 1.807) is 0 Å². The van der Waals surface area contributed by atoms with Gasteiger partial charge in [0.05, 0.1) is 0 Å². The molecule has 0 radical (unpaired) electrons. The maximum Gasteiger partial charge on any atom is 0.226 e. The van der Waals surface area contributed by atoms with Gasteiger partial charge in [-0.25, -0.2) is 0 Å². The molecule has 1 saturated heterocycles. The zero-order valence-corrected chi connectivity index (χ0v) is 17.0. The second kappa shape index (κ2) is 8.56. The molecule has 3 heteroatoms. The molecular weight excluding hydrogens is 320 g/mol. The summed E-state index contributed by atoms with van der Waals surface area (Å²) in [6.45, 7) is 7.83. The fourth-order valence-electron chi connectivity index (χ4n) is 5.04. The first-order valence-corrected chi connectivity index (χ1v) is 10.6. The fourth-order valence-corrected chi connectivity index (χ4v) is 5.04. The van der Waals surface area contributed by atoms with Crippen LogP contribution in [0.25, 0.3) is 0 Å². The second-order valence-electron chi connectivity index (χ2n) is 8.67. The SMILES string of the molecule is CC[C@@H]1C[C@H](N(C)C(C)C)CC[C@@H]1N1CC[C@H](Cc2ccccc2)C1=O. The van der Waals surface area contributed by atoms with E-state index < -0.39 is 0 Å². The lowest BCUT2D eigenvalue weighted by Crippen LogP contribution is -2.50. The Hall–Kier alpha value is -1.35. The Kier molecular flexibility index (Phi) is 6.39. The first-order chi connectivity index (χ1) is 12.5. The van der Waals surface area contributed by atoms with Crippen LogP contribution in [0.5, 0.6) is 0 Å². The van der Waals surface area contributed by atoms with Crippen molar-refractivity contribution in [3.05, 3.63) is 35.9 Å². The van der Waals surface area contributed by atoms with Crippen LogP contribution in [0.4, 0.5) is 0 Å². The molecule has 1 saturated carbocycles. The van der Waals surface area contributed by atoms with E-state index in [-0.39, 0.29) is 5.92 Å². The molecule has 1 amide bonds. The highest BCUT2D eigenvalue weighted by Gasteiger charge is 2.41. The normalized spacial score (nSPS) is 29.8. The minimum Gasteiger partial charge on any atom is -0.339 e. The molecule has 0 spiro atoms. The number of nitrogens with zero attached hydrogens (tertiary/aromatic N) is 2. The smallest absolute Gasteiger partial charge is 0.226 e. The monoisotopic (exact) mass is 356 g/mol. The Morgan fingerprint density at radius 2 is 1.88 bits per heavy atom. The molecule has 4 atom stereocenters. The van der Waals surface area contributed by atoms with E-state index in [0.717, 1.165) is 19.4 Å². The first kappa shape index (κ1) is 19.4. The number of hydrogen-bond acceptors (Lipinski definition) is 2. The van der Waals surface area contributed by atoms with Crippen molar-refractivity contribution < 1.29 is 4.79 Å². The number of likely N-dealkylation sites (tertiary alicyclic amines) is 1. The molecule has 0 bridgehead atoms. The van der Waals surface area contributed by atoms with E-state index in [4.69, 9.17) is 0 Å². The lowest BCUT2D eigenvalue weighted by Gasteiger charge is -2.44. The quantitative estimate of drug-likeness (QED) is 0.756. The van der Waals surface area contributed by atoms with Crippen molar-refractivity contribution in [3.8, 4) is 0 Å². The predicted octanol–water partition coefficient (Wildman–Crippen LogP) is 4.37. The highest BCUT2D eigenvalue weighted by atomic mass is 16.2. The van der Waals surface area contributed by atoms with Gasteiger partial charge in [-0.05, 0) is 64.5 Å².